The summed E-state index contributed by atoms with van der Waals surface area (Å²) >= 11 is 11.2. The average Bonchev–Trinajstić information content (AvgIpc) is 3.00. The maximum Gasteiger partial charge on any atom is 0.405 e. The SMILES string of the molecule is FC(F)(F)CN(c1nc(Cl)nnc1Cl)C1CC1. The number of anilines is 1. The average molecular weight is 287 g/mol. The number of aromatic nitrogens is 3. The Bertz CT molecular complexity index is 422. The summed E-state index contributed by atoms with van der Waals surface area (Å²) in [5.74, 6) is -0.0634. The summed E-state index contributed by atoms with van der Waals surface area (Å²) < 4.78 is 37.3. The van der Waals surface area contributed by atoms with Gasteiger partial charge in [-0.3, -0.25) is 0 Å². The summed E-state index contributed by atoms with van der Waals surface area (Å²) in [4.78, 5) is 4.78. The third-order valence-corrected chi connectivity index (χ3v) is 2.62. The summed E-state index contributed by atoms with van der Waals surface area (Å²) in [6.07, 6.45) is -2.98. The fourth-order valence-corrected chi connectivity index (χ4v) is 1.73. The third kappa shape index (κ3) is 3.32. The van der Waals surface area contributed by atoms with Crippen LogP contribution in [0.3, 0.4) is 0 Å². The molecule has 9 heteroatoms. The smallest absolute Gasteiger partial charge is 0.342 e. The minimum absolute atomic E-state index is 0.0634. The van der Waals surface area contributed by atoms with E-state index in [1.807, 2.05) is 0 Å². The zero-order valence-corrected chi connectivity index (χ0v) is 9.89. The predicted molar refractivity (Wildman–Crippen MR) is 56.3 cm³/mol. The first-order valence-corrected chi connectivity index (χ1v) is 5.51. The van der Waals surface area contributed by atoms with E-state index < -0.39 is 12.7 Å². The van der Waals surface area contributed by atoms with E-state index in [2.05, 4.69) is 15.2 Å². The predicted octanol–water partition coefficient (Wildman–Crippen LogP) is 2.71. The van der Waals surface area contributed by atoms with Gasteiger partial charge in [0.2, 0.25) is 5.28 Å². The molecule has 1 aromatic rings. The maximum atomic E-state index is 12.4. The summed E-state index contributed by atoms with van der Waals surface area (Å²) in [5, 5.41) is 6.41. The Morgan fingerprint density at radius 2 is 1.88 bits per heavy atom. The van der Waals surface area contributed by atoms with Gasteiger partial charge in [-0.2, -0.15) is 18.2 Å². The van der Waals surface area contributed by atoms with Gasteiger partial charge in [0.1, 0.15) is 6.54 Å². The summed E-state index contributed by atoms with van der Waals surface area (Å²) in [6, 6.07) is -0.207. The highest BCUT2D eigenvalue weighted by Gasteiger charge is 2.40. The number of alkyl halides is 3. The topological polar surface area (TPSA) is 41.9 Å². The first kappa shape index (κ1) is 12.6. The fraction of sp³-hybridized carbons (Fsp3) is 0.625. The van der Waals surface area contributed by atoms with Crippen molar-refractivity contribution in [3.05, 3.63) is 10.4 Å². The van der Waals surface area contributed by atoms with Crippen LogP contribution in [0.2, 0.25) is 10.4 Å². The third-order valence-electron chi connectivity index (χ3n) is 2.21. The van der Waals surface area contributed by atoms with Gasteiger partial charge in [-0.1, -0.05) is 11.6 Å². The molecule has 0 radical (unpaired) electrons. The molecule has 0 N–H and O–H groups in total. The quantitative estimate of drug-likeness (QED) is 0.857. The molecular weight excluding hydrogens is 280 g/mol. The maximum absolute atomic E-state index is 12.4. The first-order chi connectivity index (χ1) is 7.87. The molecule has 1 heterocycles. The van der Waals surface area contributed by atoms with Gasteiger partial charge in [0.15, 0.2) is 11.0 Å². The van der Waals surface area contributed by atoms with E-state index in [-0.39, 0.29) is 22.3 Å². The van der Waals surface area contributed by atoms with Crippen molar-refractivity contribution in [2.45, 2.75) is 25.1 Å². The lowest BCUT2D eigenvalue weighted by molar-refractivity contribution is -0.120. The molecule has 1 aliphatic carbocycles. The lowest BCUT2D eigenvalue weighted by Crippen LogP contribution is -2.37. The van der Waals surface area contributed by atoms with Crippen molar-refractivity contribution in [3.8, 4) is 0 Å². The van der Waals surface area contributed by atoms with E-state index in [1.54, 1.807) is 0 Å². The number of halogens is 5. The Morgan fingerprint density at radius 1 is 1.24 bits per heavy atom. The van der Waals surface area contributed by atoms with Crippen molar-refractivity contribution >= 4 is 29.0 Å². The zero-order chi connectivity index (χ0) is 12.6. The molecule has 4 nitrogen and oxygen atoms in total. The van der Waals surface area contributed by atoms with Crippen LogP contribution < -0.4 is 4.90 Å². The van der Waals surface area contributed by atoms with Gasteiger partial charge >= 0.3 is 6.18 Å². The first-order valence-electron chi connectivity index (χ1n) is 4.76. The van der Waals surface area contributed by atoms with Gasteiger partial charge in [0.25, 0.3) is 0 Å². The number of hydrogen-bond acceptors (Lipinski definition) is 4. The minimum Gasteiger partial charge on any atom is -0.342 e. The Kier molecular flexibility index (Phi) is 3.31. The van der Waals surface area contributed by atoms with E-state index in [9.17, 15) is 13.2 Å². The van der Waals surface area contributed by atoms with E-state index in [0.717, 1.165) is 4.90 Å². The molecule has 0 unspecified atom stereocenters. The Morgan fingerprint density at radius 3 is 2.41 bits per heavy atom. The molecule has 0 amide bonds. The molecule has 0 saturated heterocycles. The van der Waals surface area contributed by atoms with Crippen LogP contribution in [-0.4, -0.2) is 33.9 Å². The van der Waals surface area contributed by atoms with Crippen LogP contribution in [0.1, 0.15) is 12.8 Å². The van der Waals surface area contributed by atoms with Crippen molar-refractivity contribution in [1.29, 1.82) is 0 Å². The van der Waals surface area contributed by atoms with Crippen LogP contribution >= 0.6 is 23.2 Å². The second-order valence-electron chi connectivity index (χ2n) is 3.67. The molecule has 94 valence electrons. The normalized spacial score (nSPS) is 16.1. The van der Waals surface area contributed by atoms with Gasteiger partial charge in [-0.15, -0.1) is 10.2 Å². The van der Waals surface area contributed by atoms with Crippen molar-refractivity contribution in [2.24, 2.45) is 0 Å². The van der Waals surface area contributed by atoms with Crippen molar-refractivity contribution < 1.29 is 13.2 Å². The van der Waals surface area contributed by atoms with Gasteiger partial charge in [-0.05, 0) is 24.4 Å². The second kappa shape index (κ2) is 4.45. The fourth-order valence-electron chi connectivity index (χ4n) is 1.42. The van der Waals surface area contributed by atoms with Crippen molar-refractivity contribution in [2.75, 3.05) is 11.4 Å². The highest BCUT2D eigenvalue weighted by atomic mass is 35.5. The molecule has 0 aromatic carbocycles. The summed E-state index contributed by atoms with van der Waals surface area (Å²) in [7, 11) is 0. The van der Waals surface area contributed by atoms with Gasteiger partial charge in [0.05, 0.1) is 0 Å². The summed E-state index contributed by atoms with van der Waals surface area (Å²) in [5.41, 5.74) is 0. The van der Waals surface area contributed by atoms with Gasteiger partial charge in [-0.25, -0.2) is 0 Å². The Balaban J connectivity index is 2.29. The highest BCUT2D eigenvalue weighted by molar-refractivity contribution is 6.32. The molecule has 0 bridgehead atoms. The lowest BCUT2D eigenvalue weighted by Gasteiger charge is -2.24. The van der Waals surface area contributed by atoms with Crippen LogP contribution in [0, 0.1) is 0 Å². The Hall–Kier alpha value is -0.820. The van der Waals surface area contributed by atoms with Crippen LogP contribution in [0.15, 0.2) is 0 Å². The summed E-state index contributed by atoms with van der Waals surface area (Å²) in [6.45, 7) is -1.12. The van der Waals surface area contributed by atoms with Crippen molar-refractivity contribution in [3.63, 3.8) is 0 Å². The zero-order valence-electron chi connectivity index (χ0n) is 8.38. The largest absolute Gasteiger partial charge is 0.405 e. The highest BCUT2D eigenvalue weighted by Crippen LogP contribution is 2.35. The molecule has 17 heavy (non-hydrogen) atoms. The molecule has 0 atom stereocenters. The van der Waals surface area contributed by atoms with Crippen LogP contribution in [0.4, 0.5) is 19.0 Å². The number of nitrogens with zero attached hydrogens (tertiary/aromatic N) is 4. The molecule has 1 aromatic heterocycles. The van der Waals surface area contributed by atoms with E-state index in [0.29, 0.717) is 12.8 Å². The van der Waals surface area contributed by atoms with Gasteiger partial charge in [0, 0.05) is 6.04 Å². The number of rotatable bonds is 3. The molecular formula is C8H7Cl2F3N4. The van der Waals surface area contributed by atoms with Gasteiger partial charge < -0.3 is 4.90 Å². The molecule has 2 rings (SSSR count). The van der Waals surface area contributed by atoms with E-state index in [1.165, 1.54) is 0 Å². The minimum atomic E-state index is -4.33. The van der Waals surface area contributed by atoms with Crippen molar-refractivity contribution in [1.82, 2.24) is 15.2 Å². The monoisotopic (exact) mass is 286 g/mol. The number of hydrogen-bond donors (Lipinski definition) is 0. The van der Waals surface area contributed by atoms with Crippen LogP contribution in [0.5, 0.6) is 0 Å². The Labute approximate surface area is 105 Å². The molecule has 1 saturated carbocycles. The van der Waals surface area contributed by atoms with Crippen LogP contribution in [-0.2, 0) is 0 Å². The molecule has 0 spiro atoms. The molecule has 0 aliphatic heterocycles. The molecule has 1 aliphatic rings. The van der Waals surface area contributed by atoms with E-state index >= 15 is 0 Å². The standard InChI is InChI=1S/C8H7Cl2F3N4/c9-5-6(14-7(10)16-15-5)17(4-1-2-4)3-8(11,12)13/h4H,1-3H2. The molecule has 1 fully saturated rings. The lowest BCUT2D eigenvalue weighted by atomic mass is 10.4. The van der Waals surface area contributed by atoms with Crippen LogP contribution in [0.25, 0.3) is 0 Å². The second-order valence-corrected chi connectivity index (χ2v) is 4.37. The van der Waals surface area contributed by atoms with E-state index in [4.69, 9.17) is 23.2 Å².